The Morgan fingerprint density at radius 2 is 1.53 bits per heavy atom. The van der Waals surface area contributed by atoms with Crippen molar-refractivity contribution in [2.24, 2.45) is 0 Å². The van der Waals surface area contributed by atoms with Crippen LogP contribution in [0.5, 0.6) is 5.75 Å². The number of nitrogens with zero attached hydrogens (tertiary/aromatic N) is 2. The molecular weight excluding hydrogens is 384 g/mol. The third-order valence-electron chi connectivity index (χ3n) is 5.77. The van der Waals surface area contributed by atoms with E-state index in [1.807, 2.05) is 36.4 Å². The van der Waals surface area contributed by atoms with Gasteiger partial charge in [0, 0.05) is 5.56 Å². The number of nitriles is 1. The van der Waals surface area contributed by atoms with Gasteiger partial charge in [-0.2, -0.15) is 30.4 Å². The van der Waals surface area contributed by atoms with Gasteiger partial charge in [-0.15, -0.1) is 8.07 Å². The largest absolute Gasteiger partial charge is 0.492 e. The highest BCUT2D eigenvalue weighted by Crippen LogP contribution is 2.23. The molecule has 1 heterocycles. The average Bonchev–Trinajstić information content (AvgIpc) is 2.77. The molecule has 0 bridgehead atoms. The van der Waals surface area contributed by atoms with Crippen molar-refractivity contribution in [3.05, 3.63) is 48.2 Å². The van der Waals surface area contributed by atoms with Gasteiger partial charge in [-0.1, -0.05) is 64.0 Å². The summed E-state index contributed by atoms with van der Waals surface area (Å²) in [5, 5.41) is 8.88. The van der Waals surface area contributed by atoms with Gasteiger partial charge in [-0.25, -0.2) is 0 Å². The van der Waals surface area contributed by atoms with Crippen molar-refractivity contribution in [1.29, 1.82) is 5.26 Å². The number of hydrogen-bond donors (Lipinski definition) is 0. The first-order chi connectivity index (χ1) is 14.5. The molecule has 163 valence electrons. The molecule has 0 saturated heterocycles. The fraction of sp³-hybridized carbons (Fsp3) is 0.538. The molecule has 0 saturated carbocycles. The topological polar surface area (TPSA) is 45.9 Å². The summed E-state index contributed by atoms with van der Waals surface area (Å²) in [6, 6.07) is 16.6. The van der Waals surface area contributed by atoms with Gasteiger partial charge in [-0.3, -0.25) is 4.98 Å². The van der Waals surface area contributed by atoms with Crippen LogP contribution in [-0.4, -0.2) is 19.7 Å². The number of unbranched alkanes of at least 4 members (excludes halogenated alkanes) is 6. The minimum Gasteiger partial charge on any atom is -0.492 e. The molecule has 2 rings (SSSR count). The summed E-state index contributed by atoms with van der Waals surface area (Å²) < 4.78 is 5.84. The van der Waals surface area contributed by atoms with Gasteiger partial charge in [0.25, 0.3) is 0 Å². The van der Waals surface area contributed by atoms with E-state index >= 15 is 0 Å². The number of aromatic nitrogens is 1. The van der Waals surface area contributed by atoms with Crippen LogP contribution in [-0.2, 0) is 0 Å². The Morgan fingerprint density at radius 1 is 0.867 bits per heavy atom. The number of rotatable bonds is 14. The van der Waals surface area contributed by atoms with Crippen molar-refractivity contribution < 1.29 is 4.74 Å². The van der Waals surface area contributed by atoms with Crippen LogP contribution < -0.4 is 4.74 Å². The van der Waals surface area contributed by atoms with Crippen LogP contribution >= 0.6 is 0 Å². The Kier molecular flexibility index (Phi) is 10.7. The molecule has 0 aliphatic heterocycles. The normalized spacial score (nSPS) is 11.3. The zero-order valence-electron chi connectivity index (χ0n) is 19.1. The van der Waals surface area contributed by atoms with E-state index in [2.05, 4.69) is 31.1 Å². The summed E-state index contributed by atoms with van der Waals surface area (Å²) in [5.74, 6) is 0.826. The minimum absolute atomic E-state index is 0.663. The molecule has 0 spiro atoms. The summed E-state index contributed by atoms with van der Waals surface area (Å²) >= 11 is 0. The molecular formula is C26H38N2OSi-. The molecule has 1 aromatic heterocycles. The lowest BCUT2D eigenvalue weighted by molar-refractivity contribution is 0.303. The SMILES string of the molecule is CCCC[Si-](C)(C)CCCCCCCCOc1ccc(-c2ccc(C#N)cc2)nc1. The van der Waals surface area contributed by atoms with Gasteiger partial charge in [0.05, 0.1) is 30.1 Å². The monoisotopic (exact) mass is 422 g/mol. The first-order valence-electron chi connectivity index (χ1n) is 11.6. The van der Waals surface area contributed by atoms with Crippen LogP contribution in [0.2, 0.25) is 25.2 Å². The van der Waals surface area contributed by atoms with Crippen molar-refractivity contribution in [1.82, 2.24) is 4.98 Å². The molecule has 4 heteroatoms. The molecule has 2 aromatic rings. The molecule has 0 fully saturated rings. The highest BCUT2D eigenvalue weighted by atomic mass is 28.3. The van der Waals surface area contributed by atoms with E-state index in [1.165, 1.54) is 57.0 Å². The molecule has 3 nitrogen and oxygen atoms in total. The predicted octanol–water partition coefficient (Wildman–Crippen LogP) is 7.85. The van der Waals surface area contributed by atoms with E-state index in [9.17, 15) is 0 Å². The Bertz CT molecular complexity index is 763. The summed E-state index contributed by atoms with van der Waals surface area (Å²) in [5.41, 5.74) is 2.57. The van der Waals surface area contributed by atoms with Gasteiger partial charge >= 0.3 is 0 Å². The van der Waals surface area contributed by atoms with E-state index in [1.54, 1.807) is 6.20 Å². The van der Waals surface area contributed by atoms with E-state index in [0.29, 0.717) is 5.56 Å². The Morgan fingerprint density at radius 3 is 2.17 bits per heavy atom. The molecule has 30 heavy (non-hydrogen) atoms. The lowest BCUT2D eigenvalue weighted by atomic mass is 10.1. The zero-order chi connectivity index (χ0) is 21.7. The number of pyridine rings is 1. The maximum absolute atomic E-state index is 8.88. The summed E-state index contributed by atoms with van der Waals surface area (Å²) in [7, 11) is -0.912. The van der Waals surface area contributed by atoms with Crippen molar-refractivity contribution >= 4 is 8.07 Å². The standard InChI is InChI=1S/C26H38N2OSi/c1-4-5-19-30(2,3)20-11-9-7-6-8-10-18-29-25-16-17-26(28-22-25)24-14-12-23(21-27)13-15-24/h12-17,22H,4-11,18-20H2,1-3H3/q-1. The lowest BCUT2D eigenvalue weighted by Gasteiger charge is -2.33. The average molecular weight is 423 g/mol. The van der Waals surface area contributed by atoms with Crippen LogP contribution in [0.3, 0.4) is 0 Å². The van der Waals surface area contributed by atoms with E-state index in [4.69, 9.17) is 10.00 Å². The number of benzene rings is 1. The molecule has 0 unspecified atom stereocenters. The third-order valence-corrected chi connectivity index (χ3v) is 9.18. The first kappa shape index (κ1) is 24.1. The number of ether oxygens (including phenoxy) is 1. The molecule has 0 aliphatic rings. The number of hydrogen-bond acceptors (Lipinski definition) is 3. The Balaban J connectivity index is 1.55. The van der Waals surface area contributed by atoms with Crippen molar-refractivity contribution in [3.63, 3.8) is 0 Å². The van der Waals surface area contributed by atoms with Crippen LogP contribution in [0.4, 0.5) is 0 Å². The van der Waals surface area contributed by atoms with E-state index in [-0.39, 0.29) is 0 Å². The van der Waals surface area contributed by atoms with Crippen molar-refractivity contribution in [3.8, 4) is 23.1 Å². The predicted molar refractivity (Wildman–Crippen MR) is 130 cm³/mol. The fourth-order valence-corrected chi connectivity index (χ4v) is 6.50. The molecule has 0 amide bonds. The van der Waals surface area contributed by atoms with Gasteiger partial charge in [0.1, 0.15) is 5.75 Å². The molecule has 0 aliphatic carbocycles. The second-order valence-electron chi connectivity index (χ2n) is 9.06. The fourth-order valence-electron chi connectivity index (χ4n) is 3.74. The van der Waals surface area contributed by atoms with Crippen LogP contribution in [0.15, 0.2) is 42.6 Å². The Labute approximate surface area is 184 Å². The highest BCUT2D eigenvalue weighted by Gasteiger charge is 2.07. The maximum Gasteiger partial charge on any atom is 0.137 e. The maximum atomic E-state index is 8.88. The second-order valence-corrected chi connectivity index (χ2v) is 14.4. The quantitative estimate of drug-likeness (QED) is 0.230. The van der Waals surface area contributed by atoms with E-state index in [0.717, 1.165) is 30.0 Å². The van der Waals surface area contributed by atoms with Gasteiger partial charge in [0.15, 0.2) is 0 Å². The summed E-state index contributed by atoms with van der Waals surface area (Å²) in [6.07, 6.45) is 12.4. The smallest absolute Gasteiger partial charge is 0.137 e. The van der Waals surface area contributed by atoms with Gasteiger partial charge < -0.3 is 4.74 Å². The van der Waals surface area contributed by atoms with Crippen LogP contribution in [0.25, 0.3) is 11.3 Å². The van der Waals surface area contributed by atoms with E-state index < -0.39 is 8.07 Å². The van der Waals surface area contributed by atoms with Gasteiger partial charge in [-0.05, 0) is 30.7 Å². The van der Waals surface area contributed by atoms with Crippen molar-refractivity contribution in [2.75, 3.05) is 6.61 Å². The van der Waals surface area contributed by atoms with Crippen LogP contribution in [0.1, 0.15) is 63.9 Å². The van der Waals surface area contributed by atoms with Crippen LogP contribution in [0, 0.1) is 11.3 Å². The summed E-state index contributed by atoms with van der Waals surface area (Å²) in [6.45, 7) is 8.18. The lowest BCUT2D eigenvalue weighted by Crippen LogP contribution is -2.24. The molecule has 0 N–H and O–H groups in total. The summed E-state index contributed by atoms with van der Waals surface area (Å²) in [4.78, 5) is 4.49. The zero-order valence-corrected chi connectivity index (χ0v) is 20.1. The van der Waals surface area contributed by atoms with Crippen molar-refractivity contribution in [2.45, 2.75) is 83.5 Å². The Hall–Kier alpha value is -2.12. The molecule has 0 atom stereocenters. The first-order valence-corrected chi connectivity index (χ1v) is 15.0. The second kappa shape index (κ2) is 13.2. The molecule has 1 aromatic carbocycles. The third kappa shape index (κ3) is 9.13. The minimum atomic E-state index is -0.912. The highest BCUT2D eigenvalue weighted by molar-refractivity contribution is 6.77. The molecule has 0 radical (unpaired) electrons. The van der Waals surface area contributed by atoms with Gasteiger partial charge in [0.2, 0.25) is 0 Å².